The Hall–Kier alpha value is -3.11. The van der Waals surface area contributed by atoms with Crippen LogP contribution in [0.3, 0.4) is 0 Å². The van der Waals surface area contributed by atoms with Gasteiger partial charge in [0.2, 0.25) is 5.43 Å². The van der Waals surface area contributed by atoms with Crippen LogP contribution in [0.25, 0.3) is 22.2 Å². The Morgan fingerprint density at radius 3 is 2.58 bits per heavy atom. The first-order chi connectivity index (χ1) is 9.22. The highest BCUT2D eigenvalue weighted by Gasteiger charge is 2.11. The molecule has 0 unspecified atom stereocenters. The summed E-state index contributed by atoms with van der Waals surface area (Å²) in [6.07, 6.45) is 0. The number of H-pyrrole nitrogens is 1. The highest BCUT2D eigenvalue weighted by atomic mass is 16.1. The lowest BCUT2D eigenvalue weighted by Gasteiger charge is -2.08. The van der Waals surface area contributed by atoms with E-state index in [1.54, 1.807) is 30.3 Å². The molecule has 4 nitrogen and oxygen atoms in total. The van der Waals surface area contributed by atoms with Gasteiger partial charge >= 0.3 is 0 Å². The van der Waals surface area contributed by atoms with E-state index in [9.17, 15) is 4.79 Å². The van der Waals surface area contributed by atoms with Gasteiger partial charge in [-0.25, -0.2) is 0 Å². The van der Waals surface area contributed by atoms with Crippen molar-refractivity contribution in [3.63, 3.8) is 0 Å². The maximum atomic E-state index is 12.0. The normalized spacial score (nSPS) is 10.2. The van der Waals surface area contributed by atoms with E-state index in [0.717, 1.165) is 10.9 Å². The molecule has 0 radical (unpaired) electrons. The van der Waals surface area contributed by atoms with Crippen LogP contribution in [0.5, 0.6) is 0 Å². The van der Waals surface area contributed by atoms with Gasteiger partial charge < -0.3 is 4.98 Å². The molecule has 1 aliphatic carbocycles. The van der Waals surface area contributed by atoms with Gasteiger partial charge in [0, 0.05) is 16.8 Å². The number of fused-ring (bicyclic) bond motifs is 2. The average Bonchev–Trinajstić information content (AvgIpc) is 2.45. The predicted molar refractivity (Wildman–Crippen MR) is 70.6 cm³/mol. The third kappa shape index (κ3) is 1.64. The third-order valence-electron chi connectivity index (χ3n) is 3.07. The Kier molecular flexibility index (Phi) is 2.30. The van der Waals surface area contributed by atoms with Gasteiger partial charge in [0.15, 0.2) is 0 Å². The van der Waals surface area contributed by atoms with E-state index in [-0.39, 0.29) is 11.0 Å². The number of aromatic nitrogens is 1. The van der Waals surface area contributed by atoms with Crippen molar-refractivity contribution in [2.24, 2.45) is 0 Å². The summed E-state index contributed by atoms with van der Waals surface area (Å²) in [7, 11) is 0. The van der Waals surface area contributed by atoms with Crippen LogP contribution in [0.4, 0.5) is 0 Å². The minimum absolute atomic E-state index is 0.133. The first kappa shape index (κ1) is 11.0. The lowest BCUT2D eigenvalue weighted by atomic mass is 10.0. The number of benzene rings is 2. The van der Waals surface area contributed by atoms with Gasteiger partial charge in [-0.3, -0.25) is 4.79 Å². The fraction of sp³-hybridized carbons (Fsp3) is 0. The minimum Gasteiger partial charge on any atom is -0.354 e. The number of nitriles is 2. The van der Waals surface area contributed by atoms with Crippen LogP contribution in [0, 0.1) is 22.7 Å². The molecule has 0 spiro atoms. The van der Waals surface area contributed by atoms with E-state index in [2.05, 4.69) is 11.1 Å². The molecule has 0 aromatic heterocycles. The topological polar surface area (TPSA) is 80.4 Å². The molecule has 4 heteroatoms. The number of pyridine rings is 1. The Bertz CT molecular complexity index is 909. The number of hydrogen-bond acceptors (Lipinski definition) is 3. The van der Waals surface area contributed by atoms with Crippen molar-refractivity contribution in [1.29, 1.82) is 10.5 Å². The number of nitrogens with one attached hydrogen (secondary N) is 1. The van der Waals surface area contributed by atoms with Gasteiger partial charge in [-0.1, -0.05) is 6.07 Å². The first-order valence-corrected chi connectivity index (χ1v) is 5.63. The standard InChI is InChI=1S/C15H7N3O/c16-7-9-1-2-10-6-12-13(18-14(10)5-9)4-3-11(8-17)15(12)19/h1-6,18H. The highest BCUT2D eigenvalue weighted by molar-refractivity contribution is 5.86. The lowest BCUT2D eigenvalue weighted by Crippen LogP contribution is -2.10. The van der Waals surface area contributed by atoms with Gasteiger partial charge in [-0.15, -0.1) is 0 Å². The van der Waals surface area contributed by atoms with Crippen molar-refractivity contribution >= 4 is 10.9 Å². The van der Waals surface area contributed by atoms with Gasteiger partial charge in [0.05, 0.1) is 11.6 Å². The molecule has 1 heterocycles. The zero-order valence-electron chi connectivity index (χ0n) is 9.77. The second kappa shape index (κ2) is 3.97. The zero-order valence-corrected chi connectivity index (χ0v) is 9.77. The molecule has 3 rings (SSSR count). The van der Waals surface area contributed by atoms with E-state index in [0.29, 0.717) is 16.8 Å². The lowest BCUT2D eigenvalue weighted by molar-refractivity contribution is 1.34. The SMILES string of the molecule is N#Cc1ccc2cc3c(=O)c(C#N)ccc-3[nH]c2c1. The summed E-state index contributed by atoms with van der Waals surface area (Å²) in [4.78, 5) is 15.1. The third-order valence-corrected chi connectivity index (χ3v) is 3.07. The van der Waals surface area contributed by atoms with Gasteiger partial charge in [-0.2, -0.15) is 10.5 Å². The zero-order chi connectivity index (χ0) is 13.4. The molecule has 0 bridgehead atoms. The van der Waals surface area contributed by atoms with E-state index in [1.165, 1.54) is 6.07 Å². The average molecular weight is 245 g/mol. The monoisotopic (exact) mass is 245 g/mol. The summed E-state index contributed by atoms with van der Waals surface area (Å²) in [5.41, 5.74) is 2.34. The van der Waals surface area contributed by atoms with Crippen LogP contribution in [0.2, 0.25) is 0 Å². The fourth-order valence-electron chi connectivity index (χ4n) is 2.10. The maximum absolute atomic E-state index is 12.0. The molecule has 1 aliphatic heterocycles. The van der Waals surface area contributed by atoms with Crippen LogP contribution < -0.4 is 5.43 Å². The molecule has 1 aromatic rings. The summed E-state index contributed by atoms with van der Waals surface area (Å²) in [6, 6.07) is 14.1. The van der Waals surface area contributed by atoms with Crippen molar-refractivity contribution in [3.05, 3.63) is 57.7 Å². The maximum Gasteiger partial charge on any atom is 0.205 e. The summed E-state index contributed by atoms with van der Waals surface area (Å²) in [5.74, 6) is 0. The Balaban J connectivity index is 2.44. The van der Waals surface area contributed by atoms with Crippen LogP contribution in [-0.4, -0.2) is 4.98 Å². The molecule has 0 amide bonds. The van der Waals surface area contributed by atoms with E-state index in [1.807, 2.05) is 6.07 Å². The molecular weight excluding hydrogens is 238 g/mol. The van der Waals surface area contributed by atoms with E-state index >= 15 is 0 Å². The highest BCUT2D eigenvalue weighted by Crippen LogP contribution is 2.23. The molecule has 1 aromatic carbocycles. The number of hydrogen-bond donors (Lipinski definition) is 1. The van der Waals surface area contributed by atoms with Crippen molar-refractivity contribution in [2.75, 3.05) is 0 Å². The second-order valence-electron chi connectivity index (χ2n) is 4.20. The molecule has 0 fully saturated rings. The van der Waals surface area contributed by atoms with E-state index < -0.39 is 0 Å². The Morgan fingerprint density at radius 1 is 1.00 bits per heavy atom. The van der Waals surface area contributed by atoms with Crippen LogP contribution in [0.15, 0.2) is 41.2 Å². The summed E-state index contributed by atoms with van der Waals surface area (Å²) in [6.45, 7) is 0. The van der Waals surface area contributed by atoms with Gasteiger partial charge in [-0.05, 0) is 35.7 Å². The van der Waals surface area contributed by atoms with Crippen LogP contribution in [0.1, 0.15) is 11.1 Å². The predicted octanol–water partition coefficient (Wildman–Crippen LogP) is 2.38. The molecular formula is C15H7N3O. The summed E-state index contributed by atoms with van der Waals surface area (Å²) in [5, 5.41) is 18.6. The van der Waals surface area contributed by atoms with Crippen molar-refractivity contribution in [1.82, 2.24) is 4.98 Å². The Labute approximate surface area is 108 Å². The minimum atomic E-state index is -0.275. The molecule has 2 aliphatic rings. The van der Waals surface area contributed by atoms with Crippen LogP contribution >= 0.6 is 0 Å². The largest absolute Gasteiger partial charge is 0.354 e. The van der Waals surface area contributed by atoms with Crippen LogP contribution in [-0.2, 0) is 0 Å². The number of rotatable bonds is 0. The molecule has 88 valence electrons. The van der Waals surface area contributed by atoms with Crippen molar-refractivity contribution in [3.8, 4) is 23.4 Å². The second-order valence-corrected chi connectivity index (χ2v) is 4.20. The van der Waals surface area contributed by atoms with Crippen molar-refractivity contribution < 1.29 is 0 Å². The molecule has 0 atom stereocenters. The number of aromatic amines is 1. The molecule has 1 N–H and O–H groups in total. The van der Waals surface area contributed by atoms with Gasteiger partial charge in [0.1, 0.15) is 11.6 Å². The van der Waals surface area contributed by atoms with Gasteiger partial charge in [0.25, 0.3) is 0 Å². The quantitative estimate of drug-likeness (QED) is 0.617. The summed E-state index contributed by atoms with van der Waals surface area (Å²) < 4.78 is 0. The fourth-order valence-corrected chi connectivity index (χ4v) is 2.10. The Morgan fingerprint density at radius 2 is 1.84 bits per heavy atom. The first-order valence-electron chi connectivity index (χ1n) is 5.63. The smallest absolute Gasteiger partial charge is 0.205 e. The van der Waals surface area contributed by atoms with Crippen molar-refractivity contribution in [2.45, 2.75) is 0 Å². The summed E-state index contributed by atoms with van der Waals surface area (Å²) >= 11 is 0. The molecule has 0 saturated heterocycles. The number of nitrogens with zero attached hydrogens (tertiary/aromatic N) is 2. The van der Waals surface area contributed by atoms with E-state index in [4.69, 9.17) is 10.5 Å². The molecule has 0 saturated carbocycles. The molecule has 19 heavy (non-hydrogen) atoms.